The van der Waals surface area contributed by atoms with Crippen molar-refractivity contribution in [3.05, 3.63) is 41.1 Å². The van der Waals surface area contributed by atoms with Crippen LogP contribution in [-0.2, 0) is 13.6 Å². The van der Waals surface area contributed by atoms with Gasteiger partial charge in [-0.25, -0.2) is 4.79 Å². The molecule has 0 aliphatic rings. The summed E-state index contributed by atoms with van der Waals surface area (Å²) in [6.45, 7) is 6.15. The Morgan fingerprint density at radius 1 is 1.50 bits per heavy atom. The summed E-state index contributed by atoms with van der Waals surface area (Å²) in [4.78, 5) is 11.8. The Bertz CT molecular complexity index is 600. The minimum Gasteiger partial charge on any atom is -0.466 e. The van der Waals surface area contributed by atoms with Crippen LogP contribution in [0.1, 0.15) is 35.6 Å². The van der Waals surface area contributed by atoms with Crippen molar-refractivity contribution in [3.63, 3.8) is 0 Å². The predicted octanol–water partition coefficient (Wildman–Crippen LogP) is 2.19. The molecule has 2 aromatic heterocycles. The summed E-state index contributed by atoms with van der Waals surface area (Å²) >= 11 is 0. The smallest absolute Gasteiger partial charge is 0.315 e. The number of amides is 2. The molecule has 0 aliphatic carbocycles. The fourth-order valence-electron chi connectivity index (χ4n) is 2.03. The number of carbonyl (C=O) groups excluding carboxylic acids is 1. The van der Waals surface area contributed by atoms with Gasteiger partial charge in [-0.1, -0.05) is 0 Å². The summed E-state index contributed by atoms with van der Waals surface area (Å²) in [5, 5.41) is 9.78. The highest BCUT2D eigenvalue weighted by Gasteiger charge is 2.11. The molecule has 1 atom stereocenters. The molecule has 0 spiro atoms. The van der Waals surface area contributed by atoms with Gasteiger partial charge in [0, 0.05) is 30.9 Å². The molecule has 20 heavy (non-hydrogen) atoms. The highest BCUT2D eigenvalue weighted by molar-refractivity contribution is 5.74. The molecular formula is C14H20N4O2. The van der Waals surface area contributed by atoms with E-state index in [1.165, 1.54) is 0 Å². The van der Waals surface area contributed by atoms with Gasteiger partial charge in [-0.05, 0) is 26.8 Å². The monoisotopic (exact) mass is 276 g/mol. The van der Waals surface area contributed by atoms with Gasteiger partial charge in [-0.2, -0.15) is 5.10 Å². The Kier molecular flexibility index (Phi) is 4.12. The lowest BCUT2D eigenvalue weighted by molar-refractivity contribution is 0.237. The van der Waals surface area contributed by atoms with Crippen LogP contribution < -0.4 is 10.6 Å². The number of urea groups is 1. The molecule has 0 fully saturated rings. The third-order valence-corrected chi connectivity index (χ3v) is 3.16. The molecule has 0 aromatic carbocycles. The van der Waals surface area contributed by atoms with Gasteiger partial charge in [0.15, 0.2) is 0 Å². The highest BCUT2D eigenvalue weighted by atomic mass is 16.3. The van der Waals surface area contributed by atoms with E-state index in [1.54, 1.807) is 10.9 Å². The Morgan fingerprint density at radius 3 is 2.80 bits per heavy atom. The molecule has 0 saturated carbocycles. The molecule has 6 heteroatoms. The molecule has 0 saturated heterocycles. The molecule has 108 valence electrons. The van der Waals surface area contributed by atoms with Crippen LogP contribution >= 0.6 is 0 Å². The number of rotatable bonds is 4. The number of hydrogen-bond acceptors (Lipinski definition) is 3. The third kappa shape index (κ3) is 3.40. The van der Waals surface area contributed by atoms with Crippen molar-refractivity contribution in [2.45, 2.75) is 33.4 Å². The van der Waals surface area contributed by atoms with Gasteiger partial charge in [0.2, 0.25) is 0 Å². The zero-order valence-electron chi connectivity index (χ0n) is 12.2. The standard InChI is InChI=1S/C14H20N4O2/c1-9-5-12(11(3)20-9)6-15-14(19)17-10(2)13-7-16-18(4)8-13/h5,7-8,10H,6H2,1-4H3,(H2,15,17,19)/t10-/m1/s1. The number of aromatic nitrogens is 2. The number of carbonyl (C=O) groups is 1. The maximum absolute atomic E-state index is 11.8. The van der Waals surface area contributed by atoms with E-state index in [0.717, 1.165) is 22.6 Å². The van der Waals surface area contributed by atoms with E-state index in [1.807, 2.05) is 40.1 Å². The van der Waals surface area contributed by atoms with E-state index in [-0.39, 0.29) is 12.1 Å². The number of hydrogen-bond donors (Lipinski definition) is 2. The molecule has 2 heterocycles. The van der Waals surface area contributed by atoms with Gasteiger partial charge >= 0.3 is 6.03 Å². The van der Waals surface area contributed by atoms with E-state index in [9.17, 15) is 4.79 Å². The van der Waals surface area contributed by atoms with Crippen LogP contribution in [0, 0.1) is 13.8 Å². The van der Waals surface area contributed by atoms with E-state index in [2.05, 4.69) is 15.7 Å². The van der Waals surface area contributed by atoms with Gasteiger partial charge in [-0.15, -0.1) is 0 Å². The first kappa shape index (κ1) is 14.2. The van der Waals surface area contributed by atoms with Gasteiger partial charge < -0.3 is 15.1 Å². The van der Waals surface area contributed by atoms with E-state index < -0.39 is 0 Å². The Hall–Kier alpha value is -2.24. The van der Waals surface area contributed by atoms with Crippen molar-refractivity contribution in [1.82, 2.24) is 20.4 Å². The van der Waals surface area contributed by atoms with E-state index in [0.29, 0.717) is 6.54 Å². The normalized spacial score (nSPS) is 12.2. The minimum absolute atomic E-state index is 0.0871. The fourth-order valence-corrected chi connectivity index (χ4v) is 2.03. The van der Waals surface area contributed by atoms with Gasteiger partial charge in [0.25, 0.3) is 0 Å². The molecule has 2 aromatic rings. The summed E-state index contributed by atoms with van der Waals surface area (Å²) in [5.74, 6) is 1.69. The zero-order chi connectivity index (χ0) is 14.7. The van der Waals surface area contributed by atoms with Crippen molar-refractivity contribution in [3.8, 4) is 0 Å². The maximum atomic E-state index is 11.8. The average Bonchev–Trinajstić information content (AvgIpc) is 2.93. The zero-order valence-corrected chi connectivity index (χ0v) is 12.2. The van der Waals surface area contributed by atoms with Crippen molar-refractivity contribution in [2.75, 3.05) is 0 Å². The Morgan fingerprint density at radius 2 is 2.25 bits per heavy atom. The third-order valence-electron chi connectivity index (χ3n) is 3.16. The number of aryl methyl sites for hydroxylation is 3. The fraction of sp³-hybridized carbons (Fsp3) is 0.429. The first-order chi connectivity index (χ1) is 9.45. The SMILES string of the molecule is Cc1cc(CNC(=O)N[C@H](C)c2cnn(C)c2)c(C)o1. The maximum Gasteiger partial charge on any atom is 0.315 e. The number of nitrogens with one attached hydrogen (secondary N) is 2. The van der Waals surface area contributed by atoms with Crippen LogP contribution in [0.2, 0.25) is 0 Å². The van der Waals surface area contributed by atoms with Crippen molar-refractivity contribution in [2.24, 2.45) is 7.05 Å². The molecule has 0 radical (unpaired) electrons. The summed E-state index contributed by atoms with van der Waals surface area (Å²) in [7, 11) is 1.85. The van der Waals surface area contributed by atoms with Crippen LogP contribution in [0.3, 0.4) is 0 Å². The lowest BCUT2D eigenvalue weighted by Gasteiger charge is -2.12. The van der Waals surface area contributed by atoms with Crippen LogP contribution in [-0.4, -0.2) is 15.8 Å². The molecule has 6 nitrogen and oxygen atoms in total. The summed E-state index contributed by atoms with van der Waals surface area (Å²) in [5.41, 5.74) is 1.96. The molecule has 0 bridgehead atoms. The lowest BCUT2D eigenvalue weighted by atomic mass is 10.2. The van der Waals surface area contributed by atoms with Gasteiger partial charge in [-0.3, -0.25) is 4.68 Å². The number of nitrogens with zero attached hydrogens (tertiary/aromatic N) is 2. The van der Waals surface area contributed by atoms with Crippen LogP contribution in [0.5, 0.6) is 0 Å². The quantitative estimate of drug-likeness (QED) is 0.899. The van der Waals surface area contributed by atoms with E-state index in [4.69, 9.17) is 4.42 Å². The largest absolute Gasteiger partial charge is 0.466 e. The number of furan rings is 1. The molecule has 2 rings (SSSR count). The van der Waals surface area contributed by atoms with E-state index >= 15 is 0 Å². The van der Waals surface area contributed by atoms with Crippen molar-refractivity contribution < 1.29 is 9.21 Å². The van der Waals surface area contributed by atoms with Crippen LogP contribution in [0.15, 0.2) is 22.9 Å². The second kappa shape index (κ2) is 5.81. The molecule has 2 amide bonds. The van der Waals surface area contributed by atoms with Crippen molar-refractivity contribution >= 4 is 6.03 Å². The van der Waals surface area contributed by atoms with Gasteiger partial charge in [0.1, 0.15) is 11.5 Å². The highest BCUT2D eigenvalue weighted by Crippen LogP contribution is 2.13. The molecule has 0 aliphatic heterocycles. The predicted molar refractivity (Wildman–Crippen MR) is 75.2 cm³/mol. The average molecular weight is 276 g/mol. The summed E-state index contributed by atoms with van der Waals surface area (Å²) in [6.07, 6.45) is 3.63. The summed E-state index contributed by atoms with van der Waals surface area (Å²) in [6, 6.07) is 1.63. The Labute approximate surface area is 118 Å². The van der Waals surface area contributed by atoms with Gasteiger partial charge in [0.05, 0.1) is 12.2 Å². The Balaban J connectivity index is 1.85. The first-order valence-corrected chi connectivity index (χ1v) is 6.54. The minimum atomic E-state index is -0.209. The van der Waals surface area contributed by atoms with Crippen molar-refractivity contribution in [1.29, 1.82) is 0 Å². The van der Waals surface area contributed by atoms with Crippen LogP contribution in [0.25, 0.3) is 0 Å². The second-order valence-corrected chi connectivity index (χ2v) is 4.93. The molecule has 0 unspecified atom stereocenters. The lowest BCUT2D eigenvalue weighted by Crippen LogP contribution is -2.36. The second-order valence-electron chi connectivity index (χ2n) is 4.93. The molecular weight excluding hydrogens is 256 g/mol. The summed E-state index contributed by atoms with van der Waals surface area (Å²) < 4.78 is 7.13. The topological polar surface area (TPSA) is 72.1 Å². The molecule has 2 N–H and O–H groups in total. The first-order valence-electron chi connectivity index (χ1n) is 6.54. The van der Waals surface area contributed by atoms with Crippen LogP contribution in [0.4, 0.5) is 4.79 Å².